The van der Waals surface area contributed by atoms with Gasteiger partial charge in [0.15, 0.2) is 0 Å². The molecule has 2 heterocycles. The third-order valence-corrected chi connectivity index (χ3v) is 4.22. The van der Waals surface area contributed by atoms with E-state index in [1.54, 1.807) is 0 Å². The molecule has 0 unspecified atom stereocenters. The van der Waals surface area contributed by atoms with Gasteiger partial charge in [-0.05, 0) is 18.2 Å². The first-order chi connectivity index (χ1) is 8.43. The van der Waals surface area contributed by atoms with Crippen molar-refractivity contribution in [3.8, 4) is 0 Å². The number of aromatic nitrogens is 1. The maximum atomic E-state index is 2.34. The molecule has 0 fully saturated rings. The smallest absolute Gasteiger partial charge is 0.268 e. The number of hydrogen-bond donors (Lipinski definition) is 0. The lowest BCUT2D eigenvalue weighted by molar-refractivity contribution is -0.446. The Bertz CT molecular complexity index is 845. The summed E-state index contributed by atoms with van der Waals surface area (Å²) in [7, 11) is 0. The molecule has 4 rings (SSSR count). The summed E-state index contributed by atoms with van der Waals surface area (Å²) in [6, 6.07) is 21.5. The molecule has 0 amide bonds. The molecule has 18 heavy (non-hydrogen) atoms. The Hall–Kier alpha value is -1.64. The fourth-order valence-electron chi connectivity index (χ4n) is 2.36. The molecule has 0 radical (unpaired) electrons. The zero-order chi connectivity index (χ0) is 11.2. The molecule has 0 aliphatic carbocycles. The first-order valence-electron chi connectivity index (χ1n) is 5.64. The molecule has 88 valence electrons. The van der Waals surface area contributed by atoms with E-state index in [4.69, 9.17) is 0 Å². The molecule has 0 spiro atoms. The van der Waals surface area contributed by atoms with Gasteiger partial charge in [-0.15, -0.1) is 4.40 Å². The summed E-state index contributed by atoms with van der Waals surface area (Å²) in [6.07, 6.45) is 0. The van der Waals surface area contributed by atoms with Gasteiger partial charge >= 0.3 is 0 Å². The third-order valence-electron chi connectivity index (χ3n) is 3.12. The van der Waals surface area contributed by atoms with Gasteiger partial charge in [0.25, 0.3) is 4.83 Å². The lowest BCUT2D eigenvalue weighted by Gasteiger charge is -1.92. The van der Waals surface area contributed by atoms with E-state index in [0.29, 0.717) is 0 Å². The van der Waals surface area contributed by atoms with Crippen LogP contribution >= 0.6 is 11.3 Å². The van der Waals surface area contributed by atoms with Crippen molar-refractivity contribution >= 4 is 37.3 Å². The summed E-state index contributed by atoms with van der Waals surface area (Å²) in [4.78, 5) is 1.30. The van der Waals surface area contributed by atoms with Crippen molar-refractivity contribution < 1.29 is 16.8 Å². The van der Waals surface area contributed by atoms with Crippen LogP contribution in [0.1, 0.15) is 0 Å². The molecule has 2 aromatic carbocycles. The van der Waals surface area contributed by atoms with Crippen molar-refractivity contribution in [2.75, 3.05) is 0 Å². The van der Waals surface area contributed by atoms with Gasteiger partial charge in [-0.1, -0.05) is 35.6 Å². The van der Waals surface area contributed by atoms with Crippen molar-refractivity contribution in [2.45, 2.75) is 0 Å². The summed E-state index contributed by atoms with van der Waals surface area (Å²) >= 11 is 1.84. The van der Waals surface area contributed by atoms with Gasteiger partial charge in [-0.3, -0.25) is 0 Å². The standard InChI is InChI=1S/C15H10NS.ClH/c1-2-6-12-11(5-1)9-10-15-16(12)13-7-3-4-8-14(13)17-15;/h1-10H;1H/q+1;/p-1. The summed E-state index contributed by atoms with van der Waals surface area (Å²) in [5.41, 5.74) is 2.58. The van der Waals surface area contributed by atoms with Crippen LogP contribution < -0.4 is 16.8 Å². The van der Waals surface area contributed by atoms with Crippen LogP contribution in [0.25, 0.3) is 25.9 Å². The van der Waals surface area contributed by atoms with E-state index in [9.17, 15) is 0 Å². The van der Waals surface area contributed by atoms with Crippen molar-refractivity contribution in [1.82, 2.24) is 0 Å². The molecule has 0 N–H and O–H groups in total. The zero-order valence-corrected chi connectivity index (χ0v) is 11.1. The number of thiazole rings is 1. The van der Waals surface area contributed by atoms with E-state index < -0.39 is 0 Å². The summed E-state index contributed by atoms with van der Waals surface area (Å²) in [5, 5.41) is 1.29. The molecule has 0 atom stereocenters. The average molecular weight is 272 g/mol. The quantitative estimate of drug-likeness (QED) is 0.417. The highest BCUT2D eigenvalue weighted by Gasteiger charge is 2.15. The average Bonchev–Trinajstić information content (AvgIpc) is 2.77. The lowest BCUT2D eigenvalue weighted by Crippen LogP contribution is -3.00. The Morgan fingerprint density at radius 3 is 2.33 bits per heavy atom. The van der Waals surface area contributed by atoms with Crippen LogP contribution in [-0.4, -0.2) is 0 Å². The Morgan fingerprint density at radius 1 is 0.722 bits per heavy atom. The SMILES string of the molecule is [Cl-].c1ccc2c(c1)ccc1sc3ccccc3[n+]12. The van der Waals surface area contributed by atoms with E-state index in [2.05, 4.69) is 65.1 Å². The summed E-state index contributed by atoms with van der Waals surface area (Å²) in [5.74, 6) is 0. The fourth-order valence-corrected chi connectivity index (χ4v) is 3.42. The van der Waals surface area contributed by atoms with Crippen molar-refractivity contribution in [2.24, 2.45) is 0 Å². The van der Waals surface area contributed by atoms with E-state index >= 15 is 0 Å². The van der Waals surface area contributed by atoms with Gasteiger partial charge in [0.1, 0.15) is 4.70 Å². The molecule has 0 saturated carbocycles. The van der Waals surface area contributed by atoms with Crippen LogP contribution in [0.2, 0.25) is 0 Å². The Balaban J connectivity index is 0.000001000. The number of halogens is 1. The minimum absolute atomic E-state index is 0. The first kappa shape index (κ1) is 11.5. The molecule has 4 aromatic rings. The minimum atomic E-state index is 0. The monoisotopic (exact) mass is 271 g/mol. The molecule has 3 heteroatoms. The van der Waals surface area contributed by atoms with Crippen LogP contribution in [0.15, 0.2) is 60.7 Å². The van der Waals surface area contributed by atoms with Gasteiger partial charge in [0.2, 0.25) is 11.0 Å². The molecular weight excluding hydrogens is 262 g/mol. The van der Waals surface area contributed by atoms with E-state index in [1.165, 1.54) is 25.9 Å². The van der Waals surface area contributed by atoms with Crippen LogP contribution in [0.5, 0.6) is 0 Å². The number of hydrogen-bond acceptors (Lipinski definition) is 1. The molecule has 2 aromatic heterocycles. The second-order valence-corrected chi connectivity index (χ2v) is 5.20. The molecule has 1 nitrogen and oxygen atoms in total. The second kappa shape index (κ2) is 4.23. The highest BCUT2D eigenvalue weighted by Crippen LogP contribution is 2.23. The highest BCUT2D eigenvalue weighted by atomic mass is 35.5. The van der Waals surface area contributed by atoms with Crippen LogP contribution in [0.3, 0.4) is 0 Å². The van der Waals surface area contributed by atoms with Gasteiger partial charge < -0.3 is 12.4 Å². The summed E-state index contributed by atoms with van der Waals surface area (Å²) < 4.78 is 3.68. The number of pyridine rings is 1. The maximum absolute atomic E-state index is 2.34. The van der Waals surface area contributed by atoms with E-state index in [0.717, 1.165) is 0 Å². The molecule has 0 aliphatic rings. The molecular formula is C15H10ClNS. The molecule has 0 saturated heterocycles. The van der Waals surface area contributed by atoms with Gasteiger partial charge in [0, 0.05) is 23.6 Å². The Labute approximate surface area is 115 Å². The van der Waals surface area contributed by atoms with Gasteiger partial charge in [-0.2, -0.15) is 0 Å². The predicted octanol–water partition coefficient (Wildman–Crippen LogP) is 0.797. The largest absolute Gasteiger partial charge is 1.00 e. The zero-order valence-electron chi connectivity index (χ0n) is 9.51. The third kappa shape index (κ3) is 1.50. The summed E-state index contributed by atoms with van der Waals surface area (Å²) in [6.45, 7) is 0. The number of benzene rings is 2. The van der Waals surface area contributed by atoms with Crippen molar-refractivity contribution in [3.63, 3.8) is 0 Å². The molecule has 0 bridgehead atoms. The number of nitrogens with zero attached hydrogens (tertiary/aromatic N) is 1. The lowest BCUT2D eigenvalue weighted by atomic mass is 10.2. The van der Waals surface area contributed by atoms with Crippen LogP contribution in [-0.2, 0) is 0 Å². The highest BCUT2D eigenvalue weighted by molar-refractivity contribution is 7.23. The first-order valence-corrected chi connectivity index (χ1v) is 6.46. The second-order valence-electron chi connectivity index (χ2n) is 4.14. The topological polar surface area (TPSA) is 4.10 Å². The van der Waals surface area contributed by atoms with Crippen molar-refractivity contribution in [3.05, 3.63) is 60.7 Å². The van der Waals surface area contributed by atoms with E-state index in [-0.39, 0.29) is 12.4 Å². The fraction of sp³-hybridized carbons (Fsp3) is 0. The maximum Gasteiger partial charge on any atom is 0.268 e. The van der Waals surface area contributed by atoms with Crippen molar-refractivity contribution in [1.29, 1.82) is 0 Å². The Kier molecular flexibility index (Phi) is 2.69. The number of fused-ring (bicyclic) bond motifs is 5. The minimum Gasteiger partial charge on any atom is -1.00 e. The molecule has 0 aliphatic heterocycles. The number of rotatable bonds is 0. The predicted molar refractivity (Wildman–Crippen MR) is 72.5 cm³/mol. The normalized spacial score (nSPS) is 10.9. The van der Waals surface area contributed by atoms with Gasteiger partial charge in [0.05, 0.1) is 0 Å². The van der Waals surface area contributed by atoms with Gasteiger partial charge in [-0.25, -0.2) is 0 Å². The number of para-hydroxylation sites is 2. The Morgan fingerprint density at radius 2 is 1.44 bits per heavy atom. The van der Waals surface area contributed by atoms with Crippen LogP contribution in [0.4, 0.5) is 0 Å². The van der Waals surface area contributed by atoms with Crippen LogP contribution in [0, 0.1) is 0 Å². The van der Waals surface area contributed by atoms with E-state index in [1.807, 2.05) is 11.3 Å².